The van der Waals surface area contributed by atoms with Crippen LogP contribution in [0.4, 0.5) is 0 Å². The van der Waals surface area contributed by atoms with Crippen molar-refractivity contribution in [3.8, 4) is 17.2 Å². The van der Waals surface area contributed by atoms with Gasteiger partial charge >= 0.3 is 0 Å². The van der Waals surface area contributed by atoms with Gasteiger partial charge in [0.1, 0.15) is 0 Å². The maximum absolute atomic E-state index is 9.60. The van der Waals surface area contributed by atoms with Gasteiger partial charge in [-0.2, -0.15) is 0 Å². The minimum atomic E-state index is 0.116. The molecule has 0 atom stereocenters. The molecule has 0 heterocycles. The Kier molecular flexibility index (Phi) is 3.51. The van der Waals surface area contributed by atoms with Gasteiger partial charge in [-0.25, -0.2) is 0 Å². The number of hydrogen-bond donors (Lipinski definition) is 1. The molecule has 1 N–H and O–H groups in total. The summed E-state index contributed by atoms with van der Waals surface area (Å²) in [6, 6.07) is 12.5. The van der Waals surface area contributed by atoms with Crippen LogP contribution in [0.2, 0.25) is 0 Å². The van der Waals surface area contributed by atoms with Gasteiger partial charge in [0, 0.05) is 0 Å². The highest BCUT2D eigenvalue weighted by Gasteiger charge is 2.09. The number of phenolic OH excluding ortho intramolecular Hbond substituents is 1. The topological polar surface area (TPSA) is 29.5 Å². The van der Waals surface area contributed by atoms with Gasteiger partial charge in [0.05, 0.1) is 8.95 Å². The van der Waals surface area contributed by atoms with Crippen LogP contribution in [0.5, 0.6) is 17.2 Å². The zero-order valence-electron chi connectivity index (χ0n) is 8.15. The zero-order valence-corrected chi connectivity index (χ0v) is 11.3. The molecule has 2 aromatic carbocycles. The Labute approximate surface area is 110 Å². The van der Waals surface area contributed by atoms with Gasteiger partial charge in [-0.05, 0) is 56.1 Å². The number of rotatable bonds is 2. The highest BCUT2D eigenvalue weighted by Crippen LogP contribution is 2.38. The molecule has 0 amide bonds. The summed E-state index contributed by atoms with van der Waals surface area (Å²) in [5.74, 6) is 1.18. The molecule has 0 aromatic heterocycles. The van der Waals surface area contributed by atoms with E-state index >= 15 is 0 Å². The number of halogens is 2. The predicted molar refractivity (Wildman–Crippen MR) is 70.0 cm³/mol. The molecular weight excluding hydrogens is 336 g/mol. The molecule has 2 nitrogen and oxygen atoms in total. The molecule has 0 bridgehead atoms. The summed E-state index contributed by atoms with van der Waals surface area (Å²) in [7, 11) is 0. The number of ether oxygens (including phenoxy) is 1. The number of para-hydroxylation sites is 3. The summed E-state index contributed by atoms with van der Waals surface area (Å²) < 4.78 is 7.28. The minimum Gasteiger partial charge on any atom is -0.504 e. The van der Waals surface area contributed by atoms with E-state index in [1.165, 1.54) is 0 Å². The molecule has 82 valence electrons. The fourth-order valence-corrected chi connectivity index (χ4v) is 2.39. The van der Waals surface area contributed by atoms with E-state index in [1.807, 2.05) is 18.2 Å². The van der Waals surface area contributed by atoms with Crippen molar-refractivity contribution in [1.82, 2.24) is 0 Å². The van der Waals surface area contributed by atoms with Gasteiger partial charge < -0.3 is 9.84 Å². The van der Waals surface area contributed by atoms with Crippen LogP contribution in [0.3, 0.4) is 0 Å². The van der Waals surface area contributed by atoms with E-state index in [9.17, 15) is 5.11 Å². The first kappa shape index (κ1) is 11.5. The van der Waals surface area contributed by atoms with Crippen LogP contribution in [-0.2, 0) is 0 Å². The van der Waals surface area contributed by atoms with Crippen LogP contribution in [0.25, 0.3) is 0 Å². The number of aromatic hydroxyl groups is 1. The fourth-order valence-electron chi connectivity index (χ4n) is 1.23. The van der Waals surface area contributed by atoms with Crippen molar-refractivity contribution in [3.63, 3.8) is 0 Å². The quantitative estimate of drug-likeness (QED) is 0.855. The summed E-state index contributed by atoms with van der Waals surface area (Å²) in [5.41, 5.74) is 0. The number of benzene rings is 2. The van der Waals surface area contributed by atoms with Gasteiger partial charge in [0.2, 0.25) is 0 Å². The van der Waals surface area contributed by atoms with E-state index < -0.39 is 0 Å². The largest absolute Gasteiger partial charge is 0.504 e. The van der Waals surface area contributed by atoms with Crippen LogP contribution in [0.15, 0.2) is 51.4 Å². The summed E-state index contributed by atoms with van der Waals surface area (Å²) in [6.07, 6.45) is 0. The Morgan fingerprint density at radius 3 is 2.12 bits per heavy atom. The zero-order chi connectivity index (χ0) is 11.5. The van der Waals surface area contributed by atoms with Crippen molar-refractivity contribution in [1.29, 1.82) is 0 Å². The monoisotopic (exact) mass is 342 g/mol. The molecule has 0 radical (unpaired) electrons. The molecular formula is C12H8Br2O2. The summed E-state index contributed by atoms with van der Waals surface area (Å²) in [5, 5.41) is 9.60. The summed E-state index contributed by atoms with van der Waals surface area (Å²) >= 11 is 6.79. The lowest BCUT2D eigenvalue weighted by Gasteiger charge is -2.10. The van der Waals surface area contributed by atoms with Gasteiger partial charge in [-0.3, -0.25) is 0 Å². The fraction of sp³-hybridized carbons (Fsp3) is 0. The Balaban J connectivity index is 2.38. The van der Waals surface area contributed by atoms with Crippen molar-refractivity contribution in [3.05, 3.63) is 51.4 Å². The highest BCUT2D eigenvalue weighted by molar-refractivity contribution is 9.11. The third kappa shape index (κ3) is 2.39. The second-order valence-electron chi connectivity index (χ2n) is 3.12. The molecule has 2 rings (SSSR count). The van der Waals surface area contributed by atoms with E-state index in [-0.39, 0.29) is 5.75 Å². The molecule has 4 heteroatoms. The van der Waals surface area contributed by atoms with Gasteiger partial charge in [0.25, 0.3) is 0 Å². The maximum Gasteiger partial charge on any atom is 0.169 e. The van der Waals surface area contributed by atoms with E-state index in [0.717, 1.165) is 8.95 Å². The van der Waals surface area contributed by atoms with E-state index in [0.29, 0.717) is 11.5 Å². The highest BCUT2D eigenvalue weighted by atomic mass is 79.9. The first-order chi connectivity index (χ1) is 7.68. The third-order valence-corrected chi connectivity index (χ3v) is 3.25. The van der Waals surface area contributed by atoms with E-state index in [4.69, 9.17) is 4.74 Å². The Morgan fingerprint density at radius 1 is 0.875 bits per heavy atom. The van der Waals surface area contributed by atoms with Crippen molar-refractivity contribution < 1.29 is 9.84 Å². The first-order valence-electron chi connectivity index (χ1n) is 4.58. The number of hydrogen-bond acceptors (Lipinski definition) is 2. The molecule has 0 aliphatic heterocycles. The SMILES string of the molecule is Oc1ccccc1Oc1c(Br)cccc1Br. The molecule has 0 unspecified atom stereocenters. The lowest BCUT2D eigenvalue weighted by molar-refractivity contribution is 0.409. The standard InChI is InChI=1S/C12H8Br2O2/c13-8-4-3-5-9(14)12(8)16-11-7-2-1-6-10(11)15/h1-7,15H. The molecule has 2 aromatic rings. The van der Waals surface area contributed by atoms with Gasteiger partial charge in [0.15, 0.2) is 17.2 Å². The average Bonchev–Trinajstić information content (AvgIpc) is 2.26. The Morgan fingerprint density at radius 2 is 1.50 bits per heavy atom. The van der Waals surface area contributed by atoms with E-state index in [2.05, 4.69) is 31.9 Å². The molecule has 0 spiro atoms. The molecule has 0 saturated heterocycles. The normalized spacial score (nSPS) is 10.1. The van der Waals surface area contributed by atoms with Crippen LogP contribution < -0.4 is 4.74 Å². The lowest BCUT2D eigenvalue weighted by atomic mass is 10.3. The summed E-state index contributed by atoms with van der Waals surface area (Å²) in [4.78, 5) is 0. The van der Waals surface area contributed by atoms with E-state index in [1.54, 1.807) is 24.3 Å². The molecule has 0 aliphatic rings. The van der Waals surface area contributed by atoms with Gasteiger partial charge in [-0.1, -0.05) is 18.2 Å². The van der Waals surface area contributed by atoms with Crippen LogP contribution in [0, 0.1) is 0 Å². The lowest BCUT2D eigenvalue weighted by Crippen LogP contribution is -1.87. The van der Waals surface area contributed by atoms with Crippen molar-refractivity contribution >= 4 is 31.9 Å². The second kappa shape index (κ2) is 4.89. The predicted octanol–water partition coefficient (Wildman–Crippen LogP) is 4.71. The minimum absolute atomic E-state index is 0.116. The van der Waals surface area contributed by atoms with Crippen molar-refractivity contribution in [2.24, 2.45) is 0 Å². The number of phenols is 1. The van der Waals surface area contributed by atoms with Crippen molar-refractivity contribution in [2.45, 2.75) is 0 Å². The molecule has 0 fully saturated rings. The Bertz CT molecular complexity index is 492. The van der Waals surface area contributed by atoms with Crippen LogP contribution in [0.1, 0.15) is 0 Å². The average molecular weight is 344 g/mol. The first-order valence-corrected chi connectivity index (χ1v) is 6.17. The van der Waals surface area contributed by atoms with Crippen LogP contribution >= 0.6 is 31.9 Å². The Hall–Kier alpha value is -1.000. The summed E-state index contributed by atoms with van der Waals surface area (Å²) in [6.45, 7) is 0. The molecule has 16 heavy (non-hydrogen) atoms. The van der Waals surface area contributed by atoms with Gasteiger partial charge in [-0.15, -0.1) is 0 Å². The third-order valence-electron chi connectivity index (χ3n) is 2.00. The maximum atomic E-state index is 9.60. The van der Waals surface area contributed by atoms with Crippen molar-refractivity contribution in [2.75, 3.05) is 0 Å². The van der Waals surface area contributed by atoms with Crippen LogP contribution in [-0.4, -0.2) is 5.11 Å². The smallest absolute Gasteiger partial charge is 0.169 e. The second-order valence-corrected chi connectivity index (χ2v) is 4.83. The molecule has 0 aliphatic carbocycles. The molecule has 0 saturated carbocycles.